The number of nitro benzene ring substituents is 1. The van der Waals surface area contributed by atoms with Gasteiger partial charge in [-0.25, -0.2) is 0 Å². The van der Waals surface area contributed by atoms with Gasteiger partial charge >= 0.3 is 0 Å². The van der Waals surface area contributed by atoms with Crippen LogP contribution in [0.4, 0.5) is 11.4 Å². The Morgan fingerprint density at radius 2 is 1.87 bits per heavy atom. The third-order valence-electron chi connectivity index (χ3n) is 3.53. The Kier molecular flexibility index (Phi) is 4.95. The van der Waals surface area contributed by atoms with E-state index in [-0.39, 0.29) is 11.6 Å². The van der Waals surface area contributed by atoms with Crippen molar-refractivity contribution in [1.29, 1.82) is 0 Å². The number of benzene rings is 2. The van der Waals surface area contributed by atoms with Crippen LogP contribution in [0.3, 0.4) is 0 Å². The summed E-state index contributed by atoms with van der Waals surface area (Å²) in [5.41, 5.74) is 1.72. The molecule has 0 aliphatic rings. The molecule has 0 saturated carbocycles. The molecule has 2 aromatic rings. The van der Waals surface area contributed by atoms with Crippen molar-refractivity contribution < 1.29 is 14.5 Å². The van der Waals surface area contributed by atoms with E-state index < -0.39 is 11.0 Å². The van der Waals surface area contributed by atoms with Gasteiger partial charge in [-0.15, -0.1) is 0 Å². The lowest BCUT2D eigenvalue weighted by Crippen LogP contribution is -2.30. The average Bonchev–Trinajstić information content (AvgIpc) is 2.51. The number of nitro groups is 1. The third-order valence-corrected chi connectivity index (χ3v) is 3.53. The molecule has 120 valence electrons. The summed E-state index contributed by atoms with van der Waals surface area (Å²) < 4.78 is 5.65. The van der Waals surface area contributed by atoms with Gasteiger partial charge in [0.05, 0.1) is 16.2 Å². The minimum Gasteiger partial charge on any atom is -0.481 e. The Hall–Kier alpha value is -2.89. The van der Waals surface area contributed by atoms with Crippen LogP contribution in [0.15, 0.2) is 42.5 Å². The van der Waals surface area contributed by atoms with Gasteiger partial charge in [0.25, 0.3) is 11.6 Å². The monoisotopic (exact) mass is 314 g/mol. The quantitative estimate of drug-likeness (QED) is 0.675. The lowest BCUT2D eigenvalue weighted by atomic mass is 10.1. The van der Waals surface area contributed by atoms with Crippen molar-refractivity contribution in [3.8, 4) is 5.75 Å². The Balaban J connectivity index is 2.12. The molecule has 2 rings (SSSR count). The molecule has 0 fully saturated rings. The summed E-state index contributed by atoms with van der Waals surface area (Å²) in [6.45, 7) is 5.12. The van der Waals surface area contributed by atoms with Crippen molar-refractivity contribution in [2.24, 2.45) is 0 Å². The highest BCUT2D eigenvalue weighted by Crippen LogP contribution is 2.25. The van der Waals surface area contributed by atoms with Crippen molar-refractivity contribution in [2.45, 2.75) is 26.9 Å². The number of anilines is 1. The molecule has 6 nitrogen and oxygen atoms in total. The summed E-state index contributed by atoms with van der Waals surface area (Å²) in [7, 11) is 0. The van der Waals surface area contributed by atoms with Gasteiger partial charge in [-0.2, -0.15) is 0 Å². The van der Waals surface area contributed by atoms with Gasteiger partial charge in [0.15, 0.2) is 6.10 Å². The largest absolute Gasteiger partial charge is 0.481 e. The second-order valence-electron chi connectivity index (χ2n) is 5.22. The summed E-state index contributed by atoms with van der Waals surface area (Å²) in [5.74, 6) is 0.266. The Bertz CT molecular complexity index is 743. The number of carbonyl (C=O) groups is 1. The van der Waals surface area contributed by atoms with E-state index in [0.29, 0.717) is 17.0 Å². The molecule has 1 atom stereocenters. The van der Waals surface area contributed by atoms with Crippen molar-refractivity contribution in [2.75, 3.05) is 5.32 Å². The molecule has 23 heavy (non-hydrogen) atoms. The number of aryl methyl sites for hydroxylation is 1. The lowest BCUT2D eigenvalue weighted by Gasteiger charge is -2.17. The molecule has 0 spiro atoms. The molecule has 0 aliphatic heterocycles. The van der Waals surface area contributed by atoms with Gasteiger partial charge in [-0.05, 0) is 38.5 Å². The van der Waals surface area contributed by atoms with Crippen LogP contribution >= 0.6 is 0 Å². The molecule has 1 amide bonds. The van der Waals surface area contributed by atoms with E-state index >= 15 is 0 Å². The summed E-state index contributed by atoms with van der Waals surface area (Å²) in [4.78, 5) is 22.7. The molecule has 0 unspecified atom stereocenters. The first-order valence-electron chi connectivity index (χ1n) is 7.17. The number of nitrogens with one attached hydrogen (secondary N) is 1. The minimum atomic E-state index is -0.727. The molecule has 0 radical (unpaired) electrons. The fourth-order valence-corrected chi connectivity index (χ4v) is 2.12. The Morgan fingerprint density at radius 1 is 1.17 bits per heavy atom. The molecule has 1 N–H and O–H groups in total. The van der Waals surface area contributed by atoms with Crippen molar-refractivity contribution in [1.82, 2.24) is 0 Å². The Labute approximate surface area is 134 Å². The number of hydrogen-bond donors (Lipinski definition) is 1. The Morgan fingerprint density at radius 3 is 2.52 bits per heavy atom. The van der Waals surface area contributed by atoms with Crippen LogP contribution in [-0.2, 0) is 4.79 Å². The number of rotatable bonds is 5. The minimum absolute atomic E-state index is 0.0322. The molecule has 0 aromatic heterocycles. The molecular formula is C17H18N2O4. The van der Waals surface area contributed by atoms with Crippen molar-refractivity contribution in [3.05, 3.63) is 63.7 Å². The van der Waals surface area contributed by atoms with Crippen LogP contribution in [0.2, 0.25) is 0 Å². The number of nitrogens with zero attached hydrogens (tertiary/aromatic N) is 1. The van der Waals surface area contributed by atoms with Gasteiger partial charge < -0.3 is 10.1 Å². The maximum atomic E-state index is 12.3. The summed E-state index contributed by atoms with van der Waals surface area (Å²) in [6.07, 6.45) is -0.727. The number of ether oxygens (including phenoxy) is 1. The van der Waals surface area contributed by atoms with Gasteiger partial charge in [0.1, 0.15) is 5.75 Å². The zero-order valence-corrected chi connectivity index (χ0v) is 13.2. The number of hydrogen-bond acceptors (Lipinski definition) is 4. The van der Waals surface area contributed by atoms with Crippen LogP contribution in [0.25, 0.3) is 0 Å². The second-order valence-corrected chi connectivity index (χ2v) is 5.22. The average molecular weight is 314 g/mol. The normalized spacial score (nSPS) is 11.6. The highest BCUT2D eigenvalue weighted by Gasteiger charge is 2.19. The summed E-state index contributed by atoms with van der Waals surface area (Å²) in [6, 6.07) is 12.0. The standard InChI is InChI=1S/C17H18N2O4/c1-11-7-4-5-10-16(11)23-13(3)17(20)18-14-8-6-9-15(12(14)2)19(21)22/h4-10,13H,1-3H3,(H,18,20)/t13-/m1/s1. The number of para-hydroxylation sites is 1. The fourth-order valence-electron chi connectivity index (χ4n) is 2.12. The predicted molar refractivity (Wildman–Crippen MR) is 87.7 cm³/mol. The molecule has 2 aromatic carbocycles. The fraction of sp³-hybridized carbons (Fsp3) is 0.235. The third kappa shape index (κ3) is 3.85. The lowest BCUT2D eigenvalue weighted by molar-refractivity contribution is -0.385. The van der Waals surface area contributed by atoms with E-state index in [1.165, 1.54) is 12.1 Å². The summed E-state index contributed by atoms with van der Waals surface area (Å²) >= 11 is 0. The molecule has 0 saturated heterocycles. The van der Waals surface area contributed by atoms with E-state index in [0.717, 1.165) is 5.56 Å². The van der Waals surface area contributed by atoms with Gasteiger partial charge in [-0.1, -0.05) is 24.3 Å². The van der Waals surface area contributed by atoms with Gasteiger partial charge in [-0.3, -0.25) is 14.9 Å². The molecule has 0 heterocycles. The smallest absolute Gasteiger partial charge is 0.274 e. The van der Waals surface area contributed by atoms with Crippen LogP contribution < -0.4 is 10.1 Å². The topological polar surface area (TPSA) is 81.5 Å². The molecule has 6 heteroatoms. The van der Waals surface area contributed by atoms with E-state index in [4.69, 9.17) is 4.74 Å². The molecule has 0 aliphatic carbocycles. The SMILES string of the molecule is Cc1ccccc1O[C@H](C)C(=O)Nc1cccc([N+](=O)[O-])c1C. The maximum absolute atomic E-state index is 12.3. The number of amides is 1. The summed E-state index contributed by atoms with van der Waals surface area (Å²) in [5, 5.41) is 13.6. The highest BCUT2D eigenvalue weighted by molar-refractivity contribution is 5.95. The van der Waals surface area contributed by atoms with E-state index in [9.17, 15) is 14.9 Å². The van der Waals surface area contributed by atoms with E-state index in [1.807, 2.05) is 25.1 Å². The zero-order chi connectivity index (χ0) is 17.0. The first-order valence-corrected chi connectivity index (χ1v) is 7.17. The van der Waals surface area contributed by atoms with E-state index in [2.05, 4.69) is 5.32 Å². The zero-order valence-electron chi connectivity index (χ0n) is 13.2. The second kappa shape index (κ2) is 6.91. The van der Waals surface area contributed by atoms with Gasteiger partial charge in [0.2, 0.25) is 0 Å². The number of carbonyl (C=O) groups excluding carboxylic acids is 1. The van der Waals surface area contributed by atoms with Crippen LogP contribution in [0.1, 0.15) is 18.1 Å². The molecular weight excluding hydrogens is 296 g/mol. The maximum Gasteiger partial charge on any atom is 0.274 e. The first-order chi connectivity index (χ1) is 10.9. The first kappa shape index (κ1) is 16.5. The van der Waals surface area contributed by atoms with Crippen molar-refractivity contribution in [3.63, 3.8) is 0 Å². The molecule has 0 bridgehead atoms. The van der Waals surface area contributed by atoms with Gasteiger partial charge in [0, 0.05) is 6.07 Å². The van der Waals surface area contributed by atoms with Crippen LogP contribution in [0.5, 0.6) is 5.75 Å². The highest BCUT2D eigenvalue weighted by atomic mass is 16.6. The van der Waals surface area contributed by atoms with E-state index in [1.54, 1.807) is 26.0 Å². The van der Waals surface area contributed by atoms with Crippen LogP contribution in [0, 0.1) is 24.0 Å². The predicted octanol–water partition coefficient (Wildman–Crippen LogP) is 3.62. The van der Waals surface area contributed by atoms with Crippen LogP contribution in [-0.4, -0.2) is 16.9 Å². The van der Waals surface area contributed by atoms with Crippen molar-refractivity contribution >= 4 is 17.3 Å².